The molecule has 0 aliphatic carbocycles. The van der Waals surface area contributed by atoms with Crippen molar-refractivity contribution in [2.75, 3.05) is 6.61 Å². The van der Waals surface area contributed by atoms with Gasteiger partial charge in [-0.3, -0.25) is 9.59 Å². The van der Waals surface area contributed by atoms with Crippen LogP contribution >= 0.6 is 0 Å². The molecule has 0 aromatic rings. The third kappa shape index (κ3) is 6.35. The minimum absolute atomic E-state index is 0.0292. The van der Waals surface area contributed by atoms with Crippen LogP contribution < -0.4 is 0 Å². The SMILES string of the molecule is [2H]CCCCC(=O)OC[C@H]1OC(O)[C@H](O)[C@@H](OC(=O)CCCC[2H])[C@@H]1O. The Balaban J connectivity index is 2.52. The van der Waals surface area contributed by atoms with E-state index in [0.29, 0.717) is 25.7 Å². The van der Waals surface area contributed by atoms with Crippen molar-refractivity contribution in [1.82, 2.24) is 0 Å². The van der Waals surface area contributed by atoms with Crippen molar-refractivity contribution in [1.29, 1.82) is 0 Å². The summed E-state index contributed by atoms with van der Waals surface area (Å²) in [5.74, 6) is -1.19. The van der Waals surface area contributed by atoms with Crippen LogP contribution in [0.1, 0.15) is 55.1 Å². The maximum Gasteiger partial charge on any atom is 0.306 e. The van der Waals surface area contributed by atoms with Gasteiger partial charge in [0.05, 0.1) is 0 Å². The Morgan fingerprint density at radius 2 is 1.67 bits per heavy atom. The zero-order chi connectivity index (χ0) is 19.5. The molecule has 1 fully saturated rings. The highest BCUT2D eigenvalue weighted by Crippen LogP contribution is 2.23. The minimum atomic E-state index is -1.70. The average Bonchev–Trinajstić information content (AvgIpc) is 2.61. The Labute approximate surface area is 144 Å². The number of aliphatic hydroxyl groups is 3. The van der Waals surface area contributed by atoms with E-state index >= 15 is 0 Å². The van der Waals surface area contributed by atoms with Crippen LogP contribution in [-0.4, -0.2) is 64.6 Å². The zero-order valence-corrected chi connectivity index (χ0v) is 13.6. The fraction of sp³-hybridized carbons (Fsp3) is 0.875. The second kappa shape index (κ2) is 10.6. The van der Waals surface area contributed by atoms with Crippen molar-refractivity contribution < 1.29 is 41.9 Å². The second-order valence-electron chi connectivity index (χ2n) is 5.60. The van der Waals surface area contributed by atoms with Crippen LogP contribution in [0.25, 0.3) is 0 Å². The molecule has 5 atom stereocenters. The number of carbonyl (C=O) groups excluding carboxylic acids is 2. The number of hydrogen-bond acceptors (Lipinski definition) is 8. The lowest BCUT2D eigenvalue weighted by atomic mass is 9.99. The average molecular weight is 350 g/mol. The van der Waals surface area contributed by atoms with Gasteiger partial charge >= 0.3 is 11.9 Å². The Morgan fingerprint density at radius 3 is 2.29 bits per heavy atom. The molecule has 0 bridgehead atoms. The van der Waals surface area contributed by atoms with Crippen molar-refractivity contribution in [2.45, 2.75) is 83.0 Å². The molecule has 0 aromatic heterocycles. The lowest BCUT2D eigenvalue weighted by molar-refractivity contribution is -0.290. The van der Waals surface area contributed by atoms with Gasteiger partial charge in [0.1, 0.15) is 24.9 Å². The van der Waals surface area contributed by atoms with E-state index in [4.69, 9.17) is 17.0 Å². The van der Waals surface area contributed by atoms with Crippen molar-refractivity contribution >= 4 is 11.9 Å². The Hall–Kier alpha value is -1.22. The molecule has 1 rings (SSSR count). The molecule has 0 spiro atoms. The van der Waals surface area contributed by atoms with Crippen LogP contribution in [0.2, 0.25) is 0 Å². The first-order valence-electron chi connectivity index (χ1n) is 9.45. The van der Waals surface area contributed by atoms with Crippen LogP contribution in [0, 0.1) is 0 Å². The molecule has 0 saturated carbocycles. The topological polar surface area (TPSA) is 123 Å². The van der Waals surface area contributed by atoms with E-state index in [2.05, 4.69) is 0 Å². The van der Waals surface area contributed by atoms with E-state index in [0.717, 1.165) is 0 Å². The van der Waals surface area contributed by atoms with E-state index in [-0.39, 0.29) is 33.2 Å². The summed E-state index contributed by atoms with van der Waals surface area (Å²) in [6.45, 7) is 0.0396. The number of carbonyl (C=O) groups is 2. The fourth-order valence-electron chi connectivity index (χ4n) is 2.19. The fourth-order valence-corrected chi connectivity index (χ4v) is 2.19. The molecule has 1 aliphatic heterocycles. The van der Waals surface area contributed by atoms with Gasteiger partial charge in [0.15, 0.2) is 12.4 Å². The van der Waals surface area contributed by atoms with Gasteiger partial charge in [-0.1, -0.05) is 26.6 Å². The summed E-state index contributed by atoms with van der Waals surface area (Å²) in [4.78, 5) is 23.4. The molecule has 1 unspecified atom stereocenters. The van der Waals surface area contributed by atoms with Gasteiger partial charge in [-0.15, -0.1) is 0 Å². The summed E-state index contributed by atoms with van der Waals surface area (Å²) < 4.78 is 29.1. The van der Waals surface area contributed by atoms with Crippen LogP contribution in [-0.2, 0) is 23.8 Å². The van der Waals surface area contributed by atoms with Crippen molar-refractivity contribution in [2.24, 2.45) is 0 Å². The number of rotatable bonds is 9. The number of hydrogen-bond donors (Lipinski definition) is 3. The molecule has 1 heterocycles. The molecule has 3 N–H and O–H groups in total. The van der Waals surface area contributed by atoms with E-state index in [1.807, 2.05) is 0 Å². The van der Waals surface area contributed by atoms with Crippen LogP contribution in [0.4, 0.5) is 0 Å². The molecule has 0 radical (unpaired) electrons. The number of esters is 2. The monoisotopic (exact) mass is 350 g/mol. The maximum atomic E-state index is 11.8. The standard InChI is InChI=1S/C16H28O8/c1-3-5-7-11(17)22-9-10-13(19)15(14(20)16(21)23-10)24-12(18)8-6-4-2/h10,13-16,19-21H,3-9H2,1-2H3/t10-,13-,14-,15+,16?/m1/s1/i1D,2D. The quantitative estimate of drug-likeness (QED) is 0.400. The lowest BCUT2D eigenvalue weighted by Crippen LogP contribution is -2.60. The lowest BCUT2D eigenvalue weighted by Gasteiger charge is -2.39. The Kier molecular flexibility index (Phi) is 7.78. The largest absolute Gasteiger partial charge is 0.463 e. The van der Waals surface area contributed by atoms with E-state index in [1.54, 1.807) is 0 Å². The molecule has 8 heteroatoms. The van der Waals surface area contributed by atoms with Crippen molar-refractivity contribution in [3.63, 3.8) is 0 Å². The minimum Gasteiger partial charge on any atom is -0.463 e. The first-order chi connectivity index (χ1) is 12.4. The van der Waals surface area contributed by atoms with Gasteiger partial charge in [-0.05, 0) is 12.8 Å². The molecule has 140 valence electrons. The summed E-state index contributed by atoms with van der Waals surface area (Å²) in [6.07, 6.45) is -5.16. The summed E-state index contributed by atoms with van der Waals surface area (Å²) >= 11 is 0. The van der Waals surface area contributed by atoms with Gasteiger partial charge < -0.3 is 29.5 Å². The van der Waals surface area contributed by atoms with Gasteiger partial charge in [-0.2, -0.15) is 0 Å². The third-order valence-electron chi connectivity index (χ3n) is 3.60. The number of ether oxygens (including phenoxy) is 3. The van der Waals surface area contributed by atoms with E-state index < -0.39 is 42.6 Å². The maximum absolute atomic E-state index is 11.8. The molecule has 24 heavy (non-hydrogen) atoms. The molecule has 0 amide bonds. The predicted molar refractivity (Wildman–Crippen MR) is 82.8 cm³/mol. The highest BCUT2D eigenvalue weighted by atomic mass is 16.7. The van der Waals surface area contributed by atoms with Crippen LogP contribution in [0.15, 0.2) is 0 Å². The van der Waals surface area contributed by atoms with Gasteiger partial charge in [0.2, 0.25) is 0 Å². The molecule has 1 saturated heterocycles. The third-order valence-corrected chi connectivity index (χ3v) is 3.60. The van der Waals surface area contributed by atoms with Gasteiger partial charge in [0.25, 0.3) is 0 Å². The molecule has 1 aliphatic rings. The Morgan fingerprint density at radius 1 is 1.04 bits per heavy atom. The first-order valence-corrected chi connectivity index (χ1v) is 8.04. The summed E-state index contributed by atoms with van der Waals surface area (Å²) in [5, 5.41) is 29.9. The van der Waals surface area contributed by atoms with E-state index in [1.165, 1.54) is 0 Å². The normalized spacial score (nSPS) is 31.0. The zero-order valence-electron chi connectivity index (χ0n) is 15.6. The first kappa shape index (κ1) is 17.6. The van der Waals surface area contributed by atoms with Crippen molar-refractivity contribution in [3.05, 3.63) is 0 Å². The summed E-state index contributed by atoms with van der Waals surface area (Å²) in [7, 11) is 0. The predicted octanol–water partition coefficient (Wildman–Crippen LogP) is 0.261. The summed E-state index contributed by atoms with van der Waals surface area (Å²) in [6, 6.07) is 0. The Bertz CT molecular complexity index is 436. The smallest absolute Gasteiger partial charge is 0.306 e. The molecular formula is C16H28O8. The number of aliphatic hydroxyl groups excluding tert-OH is 3. The molecule has 0 aromatic carbocycles. The second-order valence-corrected chi connectivity index (χ2v) is 5.60. The molecule has 8 nitrogen and oxygen atoms in total. The number of unbranched alkanes of at least 4 members (excludes halogenated alkanes) is 2. The summed E-state index contributed by atoms with van der Waals surface area (Å²) in [5.41, 5.74) is 0. The highest BCUT2D eigenvalue weighted by molar-refractivity contribution is 5.70. The van der Waals surface area contributed by atoms with Gasteiger partial charge in [-0.25, -0.2) is 0 Å². The van der Waals surface area contributed by atoms with Crippen LogP contribution in [0.3, 0.4) is 0 Å². The highest BCUT2D eigenvalue weighted by Gasteiger charge is 2.46. The van der Waals surface area contributed by atoms with Crippen LogP contribution in [0.5, 0.6) is 0 Å². The molecular weight excluding hydrogens is 320 g/mol. The van der Waals surface area contributed by atoms with E-state index in [9.17, 15) is 24.9 Å². The van der Waals surface area contributed by atoms with Crippen molar-refractivity contribution in [3.8, 4) is 0 Å². The van der Waals surface area contributed by atoms with Gasteiger partial charge in [0, 0.05) is 15.6 Å².